The van der Waals surface area contributed by atoms with Gasteiger partial charge in [-0.15, -0.1) is 0 Å². The van der Waals surface area contributed by atoms with Crippen LogP contribution in [0.5, 0.6) is 5.75 Å². The lowest BCUT2D eigenvalue weighted by Crippen LogP contribution is -2.19. The average Bonchev–Trinajstić information content (AvgIpc) is 2.82. The first-order valence-corrected chi connectivity index (χ1v) is 5.76. The van der Waals surface area contributed by atoms with Gasteiger partial charge in [0, 0.05) is 5.56 Å². The summed E-state index contributed by atoms with van der Waals surface area (Å²) < 4.78 is 5.05. The van der Waals surface area contributed by atoms with Crippen LogP contribution in [0.2, 0.25) is 0 Å². The fraction of sp³-hybridized carbons (Fsp3) is 0.143. The fourth-order valence-electron chi connectivity index (χ4n) is 1.61. The van der Waals surface area contributed by atoms with Crippen LogP contribution in [0.1, 0.15) is 28.6 Å². The lowest BCUT2D eigenvalue weighted by atomic mass is 10.1. The molecule has 0 unspecified atom stereocenters. The SMILES string of the molecule is CC(=NNC(=O)c1ccoc1C)c1cccc(O)c1. The van der Waals surface area contributed by atoms with Crippen LogP contribution >= 0.6 is 0 Å². The number of nitrogens with zero attached hydrogens (tertiary/aromatic N) is 1. The van der Waals surface area contributed by atoms with Crippen LogP contribution in [-0.2, 0) is 0 Å². The number of hydrazone groups is 1. The topological polar surface area (TPSA) is 74.8 Å². The number of aromatic hydroxyl groups is 1. The number of benzene rings is 1. The molecular formula is C14H14N2O3. The average molecular weight is 258 g/mol. The van der Waals surface area contributed by atoms with E-state index in [4.69, 9.17) is 4.42 Å². The Kier molecular flexibility index (Phi) is 3.66. The van der Waals surface area contributed by atoms with Crippen molar-refractivity contribution in [3.63, 3.8) is 0 Å². The number of amides is 1. The first-order valence-electron chi connectivity index (χ1n) is 5.76. The largest absolute Gasteiger partial charge is 0.508 e. The third-order valence-electron chi connectivity index (χ3n) is 2.69. The molecule has 0 radical (unpaired) electrons. The first-order chi connectivity index (χ1) is 9.08. The number of hydrogen-bond acceptors (Lipinski definition) is 4. The van der Waals surface area contributed by atoms with Crippen molar-refractivity contribution < 1.29 is 14.3 Å². The van der Waals surface area contributed by atoms with Crippen LogP contribution in [0.4, 0.5) is 0 Å². The molecule has 2 rings (SSSR count). The molecule has 0 fully saturated rings. The highest BCUT2D eigenvalue weighted by Gasteiger charge is 2.10. The quantitative estimate of drug-likeness (QED) is 0.656. The highest BCUT2D eigenvalue weighted by Crippen LogP contribution is 2.12. The van der Waals surface area contributed by atoms with E-state index in [1.54, 1.807) is 44.2 Å². The maximum Gasteiger partial charge on any atom is 0.274 e. The summed E-state index contributed by atoms with van der Waals surface area (Å²) in [4.78, 5) is 11.8. The zero-order valence-electron chi connectivity index (χ0n) is 10.7. The van der Waals surface area contributed by atoms with Gasteiger partial charge in [0.25, 0.3) is 5.91 Å². The van der Waals surface area contributed by atoms with Crippen LogP contribution in [0, 0.1) is 6.92 Å². The van der Waals surface area contributed by atoms with Crippen LogP contribution in [-0.4, -0.2) is 16.7 Å². The summed E-state index contributed by atoms with van der Waals surface area (Å²) in [7, 11) is 0. The van der Waals surface area contributed by atoms with Gasteiger partial charge < -0.3 is 9.52 Å². The smallest absolute Gasteiger partial charge is 0.274 e. The van der Waals surface area contributed by atoms with E-state index in [9.17, 15) is 9.90 Å². The van der Waals surface area contributed by atoms with Gasteiger partial charge >= 0.3 is 0 Å². The van der Waals surface area contributed by atoms with E-state index in [-0.39, 0.29) is 11.7 Å². The molecule has 1 aromatic carbocycles. The fourth-order valence-corrected chi connectivity index (χ4v) is 1.61. The Labute approximate surface area is 110 Å². The highest BCUT2D eigenvalue weighted by atomic mass is 16.3. The number of carbonyl (C=O) groups excluding carboxylic acids is 1. The van der Waals surface area contributed by atoms with Crippen LogP contribution in [0.3, 0.4) is 0 Å². The molecule has 5 heteroatoms. The van der Waals surface area contributed by atoms with Gasteiger partial charge in [0.15, 0.2) is 0 Å². The molecule has 0 saturated heterocycles. The predicted octanol–water partition coefficient (Wildman–Crippen LogP) is 2.45. The Morgan fingerprint density at radius 3 is 2.79 bits per heavy atom. The van der Waals surface area contributed by atoms with Gasteiger partial charge in [0.2, 0.25) is 0 Å². The number of hydrogen-bond donors (Lipinski definition) is 2. The predicted molar refractivity (Wildman–Crippen MR) is 71.2 cm³/mol. The minimum atomic E-state index is -0.328. The number of aryl methyl sites for hydroxylation is 1. The molecule has 1 heterocycles. The number of phenols is 1. The number of phenolic OH excluding ortho intramolecular Hbond substituents is 1. The number of furan rings is 1. The second-order valence-electron chi connectivity index (χ2n) is 4.08. The summed E-state index contributed by atoms with van der Waals surface area (Å²) >= 11 is 0. The normalized spacial score (nSPS) is 11.4. The maximum atomic E-state index is 11.8. The van der Waals surface area contributed by atoms with E-state index in [1.807, 2.05) is 0 Å². The molecule has 0 aliphatic rings. The van der Waals surface area contributed by atoms with Gasteiger partial charge in [-0.3, -0.25) is 4.79 Å². The Bertz CT molecular complexity index is 629. The summed E-state index contributed by atoms with van der Waals surface area (Å²) in [5.41, 5.74) is 4.24. The van der Waals surface area contributed by atoms with Crippen molar-refractivity contribution in [2.45, 2.75) is 13.8 Å². The molecule has 0 aliphatic carbocycles. The summed E-state index contributed by atoms with van der Waals surface area (Å²) in [5, 5.41) is 13.4. The molecule has 0 aliphatic heterocycles. The molecule has 1 aromatic heterocycles. The lowest BCUT2D eigenvalue weighted by molar-refractivity contribution is 0.0953. The third kappa shape index (κ3) is 3.01. The maximum absolute atomic E-state index is 11.8. The second kappa shape index (κ2) is 5.39. The minimum absolute atomic E-state index is 0.157. The van der Waals surface area contributed by atoms with E-state index in [0.717, 1.165) is 5.56 Å². The van der Waals surface area contributed by atoms with E-state index in [0.29, 0.717) is 17.0 Å². The Morgan fingerprint density at radius 1 is 1.37 bits per heavy atom. The van der Waals surface area contributed by atoms with Gasteiger partial charge in [0.1, 0.15) is 11.5 Å². The highest BCUT2D eigenvalue weighted by molar-refractivity contribution is 6.01. The summed E-state index contributed by atoms with van der Waals surface area (Å²) in [6.07, 6.45) is 1.45. The number of carbonyl (C=O) groups is 1. The molecule has 0 spiro atoms. The van der Waals surface area contributed by atoms with Gasteiger partial charge in [-0.2, -0.15) is 5.10 Å². The molecule has 1 amide bonds. The van der Waals surface area contributed by atoms with Crippen LogP contribution < -0.4 is 5.43 Å². The minimum Gasteiger partial charge on any atom is -0.508 e. The van der Waals surface area contributed by atoms with Gasteiger partial charge in [0.05, 0.1) is 17.5 Å². The number of rotatable bonds is 3. The molecular weight excluding hydrogens is 244 g/mol. The van der Waals surface area contributed by atoms with Crippen LogP contribution in [0.25, 0.3) is 0 Å². The summed E-state index contributed by atoms with van der Waals surface area (Å²) in [5.74, 6) is 0.373. The van der Waals surface area contributed by atoms with E-state index in [2.05, 4.69) is 10.5 Å². The molecule has 2 N–H and O–H groups in total. The standard InChI is InChI=1S/C14H14N2O3/c1-9(11-4-3-5-12(17)8-11)15-16-14(18)13-6-7-19-10(13)2/h3-8,17H,1-2H3,(H,16,18). The first kappa shape index (κ1) is 12.9. The van der Waals surface area contributed by atoms with E-state index < -0.39 is 0 Å². The summed E-state index contributed by atoms with van der Waals surface area (Å²) in [6, 6.07) is 8.25. The van der Waals surface area contributed by atoms with Crippen molar-refractivity contribution >= 4 is 11.6 Å². The van der Waals surface area contributed by atoms with Crippen molar-refractivity contribution in [1.82, 2.24) is 5.43 Å². The van der Waals surface area contributed by atoms with Crippen molar-refractivity contribution in [3.8, 4) is 5.75 Å². The zero-order chi connectivity index (χ0) is 13.8. The molecule has 19 heavy (non-hydrogen) atoms. The Balaban J connectivity index is 2.11. The van der Waals surface area contributed by atoms with Gasteiger partial charge in [-0.1, -0.05) is 12.1 Å². The Hall–Kier alpha value is -2.56. The number of nitrogens with one attached hydrogen (secondary N) is 1. The van der Waals surface area contributed by atoms with Crippen molar-refractivity contribution in [1.29, 1.82) is 0 Å². The monoisotopic (exact) mass is 258 g/mol. The molecule has 0 atom stereocenters. The lowest BCUT2D eigenvalue weighted by Gasteiger charge is -2.03. The summed E-state index contributed by atoms with van der Waals surface area (Å²) in [6.45, 7) is 3.46. The van der Waals surface area contributed by atoms with Crippen molar-refractivity contribution in [3.05, 3.63) is 53.5 Å². The van der Waals surface area contributed by atoms with Gasteiger partial charge in [-0.05, 0) is 32.0 Å². The second-order valence-corrected chi connectivity index (χ2v) is 4.08. The van der Waals surface area contributed by atoms with Gasteiger partial charge in [-0.25, -0.2) is 5.43 Å². The van der Waals surface area contributed by atoms with E-state index >= 15 is 0 Å². The molecule has 2 aromatic rings. The molecule has 98 valence electrons. The Morgan fingerprint density at radius 2 is 2.16 bits per heavy atom. The molecule has 0 bridgehead atoms. The van der Waals surface area contributed by atoms with Crippen LogP contribution in [0.15, 0.2) is 46.1 Å². The van der Waals surface area contributed by atoms with Crippen molar-refractivity contribution in [2.24, 2.45) is 5.10 Å². The van der Waals surface area contributed by atoms with E-state index in [1.165, 1.54) is 6.26 Å². The molecule has 0 saturated carbocycles. The van der Waals surface area contributed by atoms with Crippen molar-refractivity contribution in [2.75, 3.05) is 0 Å². The zero-order valence-corrected chi connectivity index (χ0v) is 10.7. The molecule has 5 nitrogen and oxygen atoms in total. The third-order valence-corrected chi connectivity index (χ3v) is 2.69.